The minimum absolute atomic E-state index is 0.0315. The lowest BCUT2D eigenvalue weighted by Crippen LogP contribution is -2.40. The fourth-order valence-electron chi connectivity index (χ4n) is 3.50. The summed E-state index contributed by atoms with van der Waals surface area (Å²) in [6, 6.07) is 10.9. The Balaban J connectivity index is 1.59. The smallest absolute Gasteiger partial charge is 0.254 e. The summed E-state index contributed by atoms with van der Waals surface area (Å²) in [5.74, 6) is 0.707. The number of imidazole rings is 1. The average molecular weight is 377 g/mol. The van der Waals surface area contributed by atoms with Crippen LogP contribution in [-0.2, 0) is 6.42 Å². The molecule has 1 atom stereocenters. The zero-order valence-corrected chi connectivity index (χ0v) is 15.5. The molecule has 1 aromatic carbocycles. The van der Waals surface area contributed by atoms with Crippen molar-refractivity contribution in [3.8, 4) is 5.75 Å². The number of nitrogens with zero attached hydrogens (tertiary/aromatic N) is 3. The van der Waals surface area contributed by atoms with Crippen LogP contribution in [0.4, 0.5) is 0 Å². The molecule has 0 radical (unpaired) electrons. The van der Waals surface area contributed by atoms with Gasteiger partial charge >= 0.3 is 0 Å². The van der Waals surface area contributed by atoms with Gasteiger partial charge in [0, 0.05) is 36.6 Å². The predicted octanol–water partition coefficient (Wildman–Crippen LogP) is 2.32. The van der Waals surface area contributed by atoms with E-state index in [0.29, 0.717) is 25.3 Å². The third-order valence-corrected chi connectivity index (χ3v) is 4.90. The highest BCUT2D eigenvalue weighted by Gasteiger charge is 2.34. The molecule has 3 aromatic rings. The Bertz CT molecular complexity index is 923. The predicted molar refractivity (Wildman–Crippen MR) is 105 cm³/mol. The first-order chi connectivity index (χ1) is 13.8. The summed E-state index contributed by atoms with van der Waals surface area (Å²) in [6.07, 6.45) is 6.76. The van der Waals surface area contributed by atoms with Crippen molar-refractivity contribution in [2.24, 2.45) is 5.73 Å². The lowest BCUT2D eigenvalue weighted by Gasteiger charge is -2.35. The maximum atomic E-state index is 13.3. The van der Waals surface area contributed by atoms with E-state index >= 15 is 0 Å². The van der Waals surface area contributed by atoms with E-state index in [1.165, 1.54) is 0 Å². The number of hydrogen-bond donors (Lipinski definition) is 2. The zero-order valence-electron chi connectivity index (χ0n) is 15.5. The summed E-state index contributed by atoms with van der Waals surface area (Å²) in [7, 11) is 0. The monoisotopic (exact) mass is 377 g/mol. The van der Waals surface area contributed by atoms with Crippen LogP contribution in [0, 0.1) is 0 Å². The average Bonchev–Trinajstić information content (AvgIpc) is 3.23. The fourth-order valence-corrected chi connectivity index (χ4v) is 3.50. The van der Waals surface area contributed by atoms with Crippen molar-refractivity contribution in [2.45, 2.75) is 18.9 Å². The van der Waals surface area contributed by atoms with E-state index in [1.54, 1.807) is 30.9 Å². The Morgan fingerprint density at radius 1 is 1.29 bits per heavy atom. The second-order valence-electron chi connectivity index (χ2n) is 6.72. The molecule has 0 bridgehead atoms. The number of H-pyrrole nitrogens is 1. The quantitative estimate of drug-likeness (QED) is 0.643. The molecule has 1 aliphatic rings. The van der Waals surface area contributed by atoms with Crippen LogP contribution in [0.25, 0.3) is 0 Å². The number of carbonyl (C=O) groups excluding carboxylic acids is 1. The maximum absolute atomic E-state index is 13.3. The summed E-state index contributed by atoms with van der Waals surface area (Å²) >= 11 is 0. The molecule has 28 heavy (non-hydrogen) atoms. The molecule has 7 nitrogen and oxygen atoms in total. The molecule has 0 spiro atoms. The first kappa shape index (κ1) is 18.2. The van der Waals surface area contributed by atoms with Gasteiger partial charge in [-0.1, -0.05) is 6.07 Å². The van der Waals surface area contributed by atoms with Crippen LogP contribution < -0.4 is 10.5 Å². The van der Waals surface area contributed by atoms with Gasteiger partial charge in [-0.3, -0.25) is 9.78 Å². The van der Waals surface area contributed by atoms with Gasteiger partial charge in [0.2, 0.25) is 0 Å². The van der Waals surface area contributed by atoms with Gasteiger partial charge in [0.15, 0.2) is 0 Å². The van der Waals surface area contributed by atoms with Gasteiger partial charge in [-0.25, -0.2) is 4.98 Å². The zero-order chi connectivity index (χ0) is 19.3. The molecular formula is C21H23N5O2. The van der Waals surface area contributed by atoms with Gasteiger partial charge < -0.3 is 20.4 Å². The van der Waals surface area contributed by atoms with Crippen LogP contribution in [0.5, 0.6) is 5.75 Å². The van der Waals surface area contributed by atoms with Crippen molar-refractivity contribution in [1.29, 1.82) is 0 Å². The molecule has 3 N–H and O–H groups in total. The van der Waals surface area contributed by atoms with Crippen LogP contribution in [0.2, 0.25) is 0 Å². The summed E-state index contributed by atoms with van der Waals surface area (Å²) in [5, 5.41) is 0. The highest BCUT2D eigenvalue weighted by molar-refractivity contribution is 5.95. The number of hydrogen-bond acceptors (Lipinski definition) is 5. The van der Waals surface area contributed by atoms with E-state index in [-0.39, 0.29) is 11.9 Å². The number of fused-ring (bicyclic) bond motifs is 1. The summed E-state index contributed by atoms with van der Waals surface area (Å²) in [6.45, 7) is 1.78. The Morgan fingerprint density at radius 3 is 2.89 bits per heavy atom. The lowest BCUT2D eigenvalue weighted by atomic mass is 9.96. The Morgan fingerprint density at radius 2 is 2.14 bits per heavy atom. The van der Waals surface area contributed by atoms with Crippen LogP contribution in [0.3, 0.4) is 0 Å². The number of nitrogens with one attached hydrogen (secondary N) is 1. The van der Waals surface area contributed by atoms with Gasteiger partial charge in [-0.05, 0) is 48.9 Å². The van der Waals surface area contributed by atoms with Crippen LogP contribution in [-0.4, -0.2) is 45.5 Å². The third kappa shape index (κ3) is 3.61. The molecule has 0 saturated carbocycles. The summed E-state index contributed by atoms with van der Waals surface area (Å²) < 4.78 is 5.63. The Hall–Kier alpha value is -3.19. The third-order valence-electron chi connectivity index (χ3n) is 4.90. The van der Waals surface area contributed by atoms with Crippen molar-refractivity contribution in [2.75, 3.05) is 19.7 Å². The van der Waals surface area contributed by atoms with Crippen LogP contribution >= 0.6 is 0 Å². The Kier molecular flexibility index (Phi) is 5.34. The highest BCUT2D eigenvalue weighted by Crippen LogP contribution is 2.34. The number of benzene rings is 1. The van der Waals surface area contributed by atoms with Gasteiger partial charge in [0.25, 0.3) is 5.91 Å². The molecule has 3 heterocycles. The number of nitrogens with two attached hydrogens (primary N) is 1. The lowest BCUT2D eigenvalue weighted by molar-refractivity contribution is 0.0690. The van der Waals surface area contributed by atoms with E-state index in [9.17, 15) is 4.79 Å². The number of aromatic amines is 1. The van der Waals surface area contributed by atoms with Crippen LogP contribution in [0.1, 0.15) is 39.8 Å². The van der Waals surface area contributed by atoms with Crippen molar-refractivity contribution >= 4 is 5.91 Å². The normalized spacial score (nSPS) is 15.9. The van der Waals surface area contributed by atoms with Crippen molar-refractivity contribution in [3.63, 3.8) is 0 Å². The fraction of sp³-hybridized carbons (Fsp3) is 0.286. The molecule has 2 aromatic heterocycles. The van der Waals surface area contributed by atoms with Crippen molar-refractivity contribution < 1.29 is 9.53 Å². The second-order valence-corrected chi connectivity index (χ2v) is 6.72. The minimum atomic E-state index is -0.253. The largest absolute Gasteiger partial charge is 0.494 e. The highest BCUT2D eigenvalue weighted by atomic mass is 16.5. The number of ether oxygens (including phenoxy) is 1. The molecule has 7 heteroatoms. The number of amides is 1. The number of rotatable bonds is 6. The van der Waals surface area contributed by atoms with Gasteiger partial charge in [0.05, 0.1) is 18.6 Å². The van der Waals surface area contributed by atoms with E-state index in [0.717, 1.165) is 35.5 Å². The molecule has 144 valence electrons. The van der Waals surface area contributed by atoms with Crippen LogP contribution in [0.15, 0.2) is 55.1 Å². The van der Waals surface area contributed by atoms with E-state index in [4.69, 9.17) is 10.5 Å². The summed E-state index contributed by atoms with van der Waals surface area (Å²) in [4.78, 5) is 27.1. The van der Waals surface area contributed by atoms with E-state index in [1.807, 2.05) is 29.2 Å². The van der Waals surface area contributed by atoms with Gasteiger partial charge in [-0.15, -0.1) is 0 Å². The first-order valence-electron chi connectivity index (χ1n) is 9.44. The number of aromatic nitrogens is 3. The van der Waals surface area contributed by atoms with Gasteiger partial charge in [0.1, 0.15) is 11.8 Å². The van der Waals surface area contributed by atoms with Crippen molar-refractivity contribution in [3.05, 3.63) is 77.6 Å². The Labute approximate surface area is 163 Å². The molecule has 0 unspecified atom stereocenters. The second kappa shape index (κ2) is 8.22. The standard InChI is InChI=1S/C21H23N5O2/c22-9-2-12-28-17-6-4-15(5-7-17)21(27)26-11-8-18-19(25-14-24-18)20(26)16-3-1-10-23-13-16/h1,3-7,10,13-14,20H,2,8-9,11-12,22H2,(H,24,25)/t20-/m0/s1. The molecule has 0 aliphatic carbocycles. The van der Waals surface area contributed by atoms with E-state index < -0.39 is 0 Å². The topological polar surface area (TPSA) is 97.1 Å². The molecule has 1 aliphatic heterocycles. The SMILES string of the molecule is NCCCOc1ccc(C(=O)N2CCc3[nH]cnc3[C@@H]2c2cccnc2)cc1. The number of pyridine rings is 1. The molecule has 4 rings (SSSR count). The van der Waals surface area contributed by atoms with Crippen molar-refractivity contribution in [1.82, 2.24) is 19.9 Å². The molecule has 0 saturated heterocycles. The number of carbonyl (C=O) groups is 1. The first-order valence-corrected chi connectivity index (χ1v) is 9.44. The van der Waals surface area contributed by atoms with Gasteiger partial charge in [-0.2, -0.15) is 0 Å². The minimum Gasteiger partial charge on any atom is -0.494 e. The molecule has 0 fully saturated rings. The maximum Gasteiger partial charge on any atom is 0.254 e. The molecule has 1 amide bonds. The summed E-state index contributed by atoms with van der Waals surface area (Å²) in [5.41, 5.74) is 9.01. The molecular weight excluding hydrogens is 354 g/mol. The van der Waals surface area contributed by atoms with E-state index in [2.05, 4.69) is 15.0 Å².